The zero-order valence-corrected chi connectivity index (χ0v) is 17.0. The second kappa shape index (κ2) is 7.42. The Morgan fingerprint density at radius 1 is 0.933 bits per heavy atom. The Bertz CT molecular complexity index is 935. The van der Waals surface area contributed by atoms with E-state index in [0.717, 1.165) is 34.7 Å². The number of nitro groups is 1. The zero-order valence-electron chi connectivity index (χ0n) is 17.0. The van der Waals surface area contributed by atoms with Gasteiger partial charge in [0.05, 0.1) is 22.7 Å². The third kappa shape index (κ3) is 3.78. The molecule has 2 aromatic carbocycles. The lowest BCUT2D eigenvalue weighted by Crippen LogP contribution is -2.54. The summed E-state index contributed by atoms with van der Waals surface area (Å²) in [5.74, 6) is 2.44. The van der Waals surface area contributed by atoms with Crippen LogP contribution in [0.15, 0.2) is 48.5 Å². The largest absolute Gasteiger partial charge is 0.378 e. The first-order chi connectivity index (χ1) is 14.5. The van der Waals surface area contributed by atoms with Gasteiger partial charge in [-0.15, -0.1) is 0 Å². The van der Waals surface area contributed by atoms with E-state index >= 15 is 0 Å². The number of carbonyl (C=O) groups excluding carboxylic acids is 1. The highest BCUT2D eigenvalue weighted by Crippen LogP contribution is 2.56. The van der Waals surface area contributed by atoms with Crippen LogP contribution in [0.5, 0.6) is 0 Å². The summed E-state index contributed by atoms with van der Waals surface area (Å²) >= 11 is 0. The molecule has 6 nitrogen and oxygen atoms in total. The van der Waals surface area contributed by atoms with Gasteiger partial charge in [0.2, 0.25) is 5.91 Å². The van der Waals surface area contributed by atoms with E-state index in [1.165, 1.54) is 50.7 Å². The van der Waals surface area contributed by atoms with Gasteiger partial charge in [-0.1, -0.05) is 24.3 Å². The Morgan fingerprint density at radius 2 is 1.50 bits per heavy atom. The summed E-state index contributed by atoms with van der Waals surface area (Å²) in [6.07, 6.45) is 8.10. The third-order valence-corrected chi connectivity index (χ3v) is 7.15. The van der Waals surface area contributed by atoms with Crippen molar-refractivity contribution in [2.75, 3.05) is 10.6 Å². The van der Waals surface area contributed by atoms with Gasteiger partial charge in [-0.05, 0) is 74.0 Å². The Hall–Kier alpha value is -2.89. The lowest BCUT2D eigenvalue weighted by Gasteiger charge is -2.57. The highest BCUT2D eigenvalue weighted by Gasteiger charge is 2.51. The van der Waals surface area contributed by atoms with Crippen LogP contribution < -0.4 is 10.6 Å². The molecular formula is C24H27N3O3. The van der Waals surface area contributed by atoms with Gasteiger partial charge < -0.3 is 10.6 Å². The van der Waals surface area contributed by atoms with Crippen LogP contribution in [0.4, 0.5) is 17.1 Å². The van der Waals surface area contributed by atoms with Crippen LogP contribution >= 0.6 is 0 Å². The van der Waals surface area contributed by atoms with E-state index < -0.39 is 4.92 Å². The van der Waals surface area contributed by atoms with Crippen LogP contribution in [0.2, 0.25) is 0 Å². The van der Waals surface area contributed by atoms with Crippen LogP contribution in [0, 0.1) is 27.9 Å². The third-order valence-electron chi connectivity index (χ3n) is 7.15. The number of hydrogen-bond acceptors (Lipinski definition) is 4. The summed E-state index contributed by atoms with van der Waals surface area (Å²) in [6, 6.07) is 14.1. The summed E-state index contributed by atoms with van der Waals surface area (Å²) in [5.41, 5.74) is 2.76. The maximum atomic E-state index is 12.6. The van der Waals surface area contributed by atoms with Crippen molar-refractivity contribution in [3.8, 4) is 0 Å². The maximum absolute atomic E-state index is 12.6. The fourth-order valence-electron chi connectivity index (χ4n) is 6.37. The summed E-state index contributed by atoms with van der Waals surface area (Å²) in [5, 5.41) is 17.7. The predicted molar refractivity (Wildman–Crippen MR) is 116 cm³/mol. The standard InChI is InChI=1S/C24H27N3O3/c28-23(12-16-5-7-20(8-6-16)27(29)30)25-21-3-1-2-4-22(21)26-24-13-17-9-18(14-24)11-19(10-17)15-24/h1-8,17-19,26H,9-15H2,(H,25,28). The first kappa shape index (κ1) is 19.1. The quantitative estimate of drug-likeness (QED) is 0.514. The lowest BCUT2D eigenvalue weighted by atomic mass is 9.53. The molecule has 0 heterocycles. The van der Waals surface area contributed by atoms with E-state index in [-0.39, 0.29) is 23.6 Å². The maximum Gasteiger partial charge on any atom is 0.269 e. The fraction of sp³-hybridized carbons (Fsp3) is 0.458. The van der Waals surface area contributed by atoms with Crippen LogP contribution in [-0.2, 0) is 11.2 Å². The van der Waals surface area contributed by atoms with Gasteiger partial charge >= 0.3 is 0 Å². The van der Waals surface area contributed by atoms with E-state index in [2.05, 4.69) is 16.7 Å². The number of rotatable bonds is 6. The van der Waals surface area contributed by atoms with E-state index in [4.69, 9.17) is 0 Å². The normalized spacial score (nSPS) is 28.9. The summed E-state index contributed by atoms with van der Waals surface area (Å²) in [6.45, 7) is 0. The van der Waals surface area contributed by atoms with Crippen LogP contribution in [0.1, 0.15) is 44.1 Å². The molecule has 0 aliphatic heterocycles. The van der Waals surface area contributed by atoms with Crippen molar-refractivity contribution in [2.24, 2.45) is 17.8 Å². The molecule has 0 radical (unpaired) electrons. The molecule has 2 aromatic rings. The molecule has 6 rings (SSSR count). The van der Waals surface area contributed by atoms with Crippen molar-refractivity contribution in [1.29, 1.82) is 0 Å². The van der Waals surface area contributed by atoms with E-state index in [0.29, 0.717) is 0 Å². The number of carbonyl (C=O) groups is 1. The summed E-state index contributed by atoms with van der Waals surface area (Å²) in [7, 11) is 0. The first-order valence-electron chi connectivity index (χ1n) is 10.9. The number of non-ortho nitro benzene ring substituents is 1. The molecule has 0 unspecified atom stereocenters. The minimum Gasteiger partial charge on any atom is -0.378 e. The molecule has 2 N–H and O–H groups in total. The topological polar surface area (TPSA) is 84.3 Å². The van der Waals surface area contributed by atoms with E-state index in [9.17, 15) is 14.9 Å². The number of benzene rings is 2. The number of nitro benzene ring substituents is 1. The molecule has 4 aliphatic carbocycles. The van der Waals surface area contributed by atoms with Crippen LogP contribution in [0.3, 0.4) is 0 Å². The lowest BCUT2D eigenvalue weighted by molar-refractivity contribution is -0.384. The molecule has 4 aliphatic rings. The Kier molecular flexibility index (Phi) is 4.72. The average molecular weight is 405 g/mol. The molecule has 0 spiro atoms. The Labute approximate surface area is 176 Å². The second-order valence-electron chi connectivity index (χ2n) is 9.52. The molecule has 1 amide bonds. The molecule has 4 bridgehead atoms. The minimum absolute atomic E-state index is 0.0317. The van der Waals surface area contributed by atoms with Gasteiger partial charge in [0.15, 0.2) is 0 Å². The number of nitrogens with one attached hydrogen (secondary N) is 2. The average Bonchev–Trinajstić information content (AvgIpc) is 2.68. The molecule has 4 fully saturated rings. The van der Waals surface area contributed by atoms with Crippen molar-refractivity contribution >= 4 is 23.0 Å². The van der Waals surface area contributed by atoms with Gasteiger partial charge in [-0.3, -0.25) is 14.9 Å². The molecule has 4 saturated carbocycles. The number of nitrogens with zero attached hydrogens (tertiary/aromatic N) is 1. The molecular weight excluding hydrogens is 378 g/mol. The molecule has 156 valence electrons. The Balaban J connectivity index is 1.28. The molecule has 0 saturated heterocycles. The summed E-state index contributed by atoms with van der Waals surface area (Å²) in [4.78, 5) is 23.0. The van der Waals surface area contributed by atoms with Crippen LogP contribution in [-0.4, -0.2) is 16.4 Å². The fourth-order valence-corrected chi connectivity index (χ4v) is 6.37. The van der Waals surface area contributed by atoms with Gasteiger partial charge in [-0.25, -0.2) is 0 Å². The smallest absolute Gasteiger partial charge is 0.269 e. The minimum atomic E-state index is -0.434. The SMILES string of the molecule is O=C(Cc1ccc([N+](=O)[O-])cc1)Nc1ccccc1NC12CC3CC(CC(C3)C1)C2. The van der Waals surface area contributed by atoms with E-state index in [1.807, 2.05) is 18.2 Å². The molecule has 0 atom stereocenters. The highest BCUT2D eigenvalue weighted by molar-refractivity contribution is 5.95. The van der Waals surface area contributed by atoms with Gasteiger partial charge in [0.25, 0.3) is 5.69 Å². The second-order valence-corrected chi connectivity index (χ2v) is 9.52. The number of anilines is 2. The monoisotopic (exact) mass is 405 g/mol. The van der Waals surface area contributed by atoms with Gasteiger partial charge in [0.1, 0.15) is 0 Å². The molecule has 6 heteroatoms. The van der Waals surface area contributed by atoms with Crippen molar-refractivity contribution in [3.05, 3.63) is 64.2 Å². The molecule has 0 aromatic heterocycles. The van der Waals surface area contributed by atoms with Crippen molar-refractivity contribution < 1.29 is 9.72 Å². The number of hydrogen-bond donors (Lipinski definition) is 2. The molecule has 30 heavy (non-hydrogen) atoms. The number of para-hydroxylation sites is 2. The first-order valence-corrected chi connectivity index (χ1v) is 10.9. The highest BCUT2D eigenvalue weighted by atomic mass is 16.6. The van der Waals surface area contributed by atoms with Crippen LogP contribution in [0.25, 0.3) is 0 Å². The zero-order chi connectivity index (χ0) is 20.7. The predicted octanol–water partition coefficient (Wildman–Crippen LogP) is 5.16. The Morgan fingerprint density at radius 3 is 2.07 bits per heavy atom. The van der Waals surface area contributed by atoms with Crippen molar-refractivity contribution in [2.45, 2.75) is 50.5 Å². The van der Waals surface area contributed by atoms with Gasteiger partial charge in [0, 0.05) is 17.7 Å². The van der Waals surface area contributed by atoms with Gasteiger partial charge in [-0.2, -0.15) is 0 Å². The van der Waals surface area contributed by atoms with E-state index in [1.54, 1.807) is 12.1 Å². The number of amides is 1. The summed E-state index contributed by atoms with van der Waals surface area (Å²) < 4.78 is 0. The van der Waals surface area contributed by atoms with Crippen molar-refractivity contribution in [1.82, 2.24) is 0 Å². The van der Waals surface area contributed by atoms with Crippen molar-refractivity contribution in [3.63, 3.8) is 0 Å².